The molecular weight excluding hydrogens is 294 g/mol. The summed E-state index contributed by atoms with van der Waals surface area (Å²) in [7, 11) is 0. The zero-order valence-electron chi connectivity index (χ0n) is 11.6. The molecule has 0 atom stereocenters. The van der Waals surface area contributed by atoms with Crippen molar-refractivity contribution in [3.63, 3.8) is 0 Å². The van der Waals surface area contributed by atoms with Gasteiger partial charge in [0.15, 0.2) is 17.1 Å². The Bertz CT molecular complexity index is 692. The highest BCUT2D eigenvalue weighted by Crippen LogP contribution is 2.34. The fourth-order valence-electron chi connectivity index (χ4n) is 2.90. The summed E-state index contributed by atoms with van der Waals surface area (Å²) in [5, 5.41) is 20.5. The minimum absolute atomic E-state index is 0. The number of rotatable bonds is 2. The van der Waals surface area contributed by atoms with Crippen molar-refractivity contribution in [2.45, 2.75) is 25.8 Å². The van der Waals surface area contributed by atoms with E-state index in [1.165, 1.54) is 23.5 Å². The first kappa shape index (κ1) is 15.7. The number of aromatic hydroxyl groups is 2. The van der Waals surface area contributed by atoms with Crippen molar-refractivity contribution in [3.8, 4) is 11.5 Å². The highest BCUT2D eigenvalue weighted by Gasteiger charge is 2.21. The van der Waals surface area contributed by atoms with Crippen LogP contribution in [0.4, 0.5) is 0 Å². The van der Waals surface area contributed by atoms with Gasteiger partial charge in [-0.3, -0.25) is 0 Å². The van der Waals surface area contributed by atoms with Crippen LogP contribution in [0, 0.1) is 0 Å². The first-order valence-corrected chi connectivity index (χ1v) is 6.96. The summed E-state index contributed by atoms with van der Waals surface area (Å²) in [6.07, 6.45) is 3.57. The van der Waals surface area contributed by atoms with Crippen LogP contribution in [0.5, 0.6) is 11.5 Å². The molecule has 21 heavy (non-hydrogen) atoms. The number of halogens is 1. The van der Waals surface area contributed by atoms with Crippen LogP contribution >= 0.6 is 0 Å². The summed E-state index contributed by atoms with van der Waals surface area (Å²) in [6.45, 7) is 2.63. The van der Waals surface area contributed by atoms with Crippen LogP contribution in [0.2, 0.25) is 0 Å². The molecule has 0 saturated carbocycles. The number of nitrogens with one attached hydrogen (secondary N) is 1. The molecule has 2 heterocycles. The van der Waals surface area contributed by atoms with Crippen LogP contribution in [-0.4, -0.2) is 23.3 Å². The Balaban J connectivity index is 0.00000161. The average molecular weight is 312 g/mol. The van der Waals surface area contributed by atoms with E-state index in [0.717, 1.165) is 25.9 Å². The molecule has 114 valence electrons. The number of phenols is 2. The first-order valence-electron chi connectivity index (χ1n) is 6.96. The zero-order chi connectivity index (χ0) is 14.1. The fraction of sp³-hybridized carbons (Fsp3) is 0.400. The number of hydrogen-bond acceptors (Lipinski definition) is 4. The van der Waals surface area contributed by atoms with Gasteiger partial charge in [0.25, 0.3) is 0 Å². The van der Waals surface area contributed by atoms with Crippen molar-refractivity contribution in [2.24, 2.45) is 0 Å². The van der Waals surface area contributed by atoms with Crippen LogP contribution in [0.15, 0.2) is 27.4 Å². The van der Waals surface area contributed by atoms with Crippen LogP contribution in [0.25, 0.3) is 11.0 Å². The summed E-state index contributed by atoms with van der Waals surface area (Å²) in [5.74, 6) is -0.345. The van der Waals surface area contributed by atoms with E-state index in [-0.39, 0.29) is 23.9 Å². The first-order chi connectivity index (χ1) is 9.65. The van der Waals surface area contributed by atoms with Crippen LogP contribution in [0.1, 0.15) is 24.8 Å². The van der Waals surface area contributed by atoms with Crippen LogP contribution < -0.4 is 22.9 Å². The van der Waals surface area contributed by atoms with E-state index in [1.54, 1.807) is 6.07 Å². The molecule has 2 aromatic rings. The maximum Gasteiger partial charge on any atom is 0.336 e. The molecule has 0 bridgehead atoms. The molecule has 5 nitrogen and oxygen atoms in total. The molecular formula is C15H18ClNO4. The summed E-state index contributed by atoms with van der Waals surface area (Å²) < 4.78 is 5.23. The summed E-state index contributed by atoms with van der Waals surface area (Å²) in [5.41, 5.74) is 0.456. The second-order valence-electron chi connectivity index (χ2n) is 5.38. The van der Waals surface area contributed by atoms with E-state index in [1.807, 2.05) is 0 Å². The Morgan fingerprint density at radius 2 is 1.86 bits per heavy atom. The predicted octanol–water partition coefficient (Wildman–Crippen LogP) is -2.22. The molecule has 0 radical (unpaired) electrons. The summed E-state index contributed by atoms with van der Waals surface area (Å²) >= 11 is 0. The van der Waals surface area contributed by atoms with Crippen molar-refractivity contribution < 1.29 is 31.9 Å². The Hall–Kier alpha value is -1.72. The quantitative estimate of drug-likeness (QED) is 0.434. The highest BCUT2D eigenvalue weighted by molar-refractivity contribution is 5.84. The number of phenolic OH excluding ortho intramolecular Hbond substituents is 2. The minimum atomic E-state index is -0.447. The van der Waals surface area contributed by atoms with Gasteiger partial charge in [0.1, 0.15) is 6.54 Å². The Morgan fingerprint density at radius 3 is 2.57 bits per heavy atom. The van der Waals surface area contributed by atoms with Gasteiger partial charge >= 0.3 is 5.63 Å². The standard InChI is InChI=1S/C15H17NO4.ClH/c17-12-8-10-4-5-13(18)20-15(10)11(14(12)19)9-16-6-2-1-3-7-16;/h4-5,8,17,19H,1-3,6-7,9H2;1H. The number of benzene rings is 1. The predicted molar refractivity (Wildman–Crippen MR) is 74.1 cm³/mol. The minimum Gasteiger partial charge on any atom is -1.00 e. The molecule has 1 fully saturated rings. The zero-order valence-corrected chi connectivity index (χ0v) is 12.3. The summed E-state index contributed by atoms with van der Waals surface area (Å²) in [4.78, 5) is 12.7. The second-order valence-corrected chi connectivity index (χ2v) is 5.38. The number of quaternary nitrogens is 1. The molecule has 1 saturated heterocycles. The lowest BCUT2D eigenvalue weighted by Gasteiger charge is -2.24. The molecule has 6 heteroatoms. The number of fused-ring (bicyclic) bond motifs is 1. The smallest absolute Gasteiger partial charge is 0.336 e. The van der Waals surface area contributed by atoms with E-state index in [0.29, 0.717) is 23.1 Å². The lowest BCUT2D eigenvalue weighted by atomic mass is 10.1. The molecule has 1 aliphatic heterocycles. The number of hydrogen-bond donors (Lipinski definition) is 3. The largest absolute Gasteiger partial charge is 1.00 e. The van der Waals surface area contributed by atoms with Gasteiger partial charge in [-0.05, 0) is 31.4 Å². The molecule has 0 unspecified atom stereocenters. The number of piperidine rings is 1. The van der Waals surface area contributed by atoms with Crippen molar-refractivity contribution in [3.05, 3.63) is 34.2 Å². The molecule has 1 aliphatic rings. The third kappa shape index (κ3) is 3.14. The second kappa shape index (κ2) is 6.37. The van der Waals surface area contributed by atoms with Crippen molar-refractivity contribution in [2.75, 3.05) is 13.1 Å². The van der Waals surface area contributed by atoms with Crippen molar-refractivity contribution >= 4 is 11.0 Å². The van der Waals surface area contributed by atoms with E-state index in [9.17, 15) is 15.0 Å². The third-order valence-electron chi connectivity index (χ3n) is 3.95. The van der Waals surface area contributed by atoms with E-state index < -0.39 is 5.63 Å². The van der Waals surface area contributed by atoms with Gasteiger partial charge in [-0.25, -0.2) is 4.79 Å². The van der Waals surface area contributed by atoms with Gasteiger partial charge in [0.2, 0.25) is 0 Å². The third-order valence-corrected chi connectivity index (χ3v) is 3.95. The van der Waals surface area contributed by atoms with E-state index in [4.69, 9.17) is 4.42 Å². The van der Waals surface area contributed by atoms with Gasteiger partial charge in [-0.15, -0.1) is 0 Å². The topological polar surface area (TPSA) is 75.1 Å². The van der Waals surface area contributed by atoms with Gasteiger partial charge in [-0.1, -0.05) is 0 Å². The van der Waals surface area contributed by atoms with E-state index in [2.05, 4.69) is 0 Å². The SMILES string of the molecule is O=c1ccc2cc(O)c(O)c(C[NH+]3CCCCC3)c2o1.[Cl-]. The highest BCUT2D eigenvalue weighted by atomic mass is 35.5. The lowest BCUT2D eigenvalue weighted by molar-refractivity contribution is -0.918. The maximum absolute atomic E-state index is 11.4. The van der Waals surface area contributed by atoms with E-state index >= 15 is 0 Å². The van der Waals surface area contributed by atoms with Gasteiger partial charge < -0.3 is 31.9 Å². The Morgan fingerprint density at radius 1 is 1.14 bits per heavy atom. The van der Waals surface area contributed by atoms with Crippen molar-refractivity contribution in [1.82, 2.24) is 0 Å². The molecule has 3 N–H and O–H groups in total. The molecule has 0 aliphatic carbocycles. The number of likely N-dealkylation sites (tertiary alicyclic amines) is 1. The summed E-state index contributed by atoms with van der Waals surface area (Å²) in [6, 6.07) is 4.34. The lowest BCUT2D eigenvalue weighted by Crippen LogP contribution is -3.11. The van der Waals surface area contributed by atoms with Crippen molar-refractivity contribution in [1.29, 1.82) is 0 Å². The molecule has 0 amide bonds. The maximum atomic E-state index is 11.4. The Labute approximate surface area is 128 Å². The monoisotopic (exact) mass is 311 g/mol. The van der Waals surface area contributed by atoms with Gasteiger partial charge in [0.05, 0.1) is 18.7 Å². The molecule has 1 aromatic heterocycles. The van der Waals surface area contributed by atoms with Gasteiger partial charge in [-0.2, -0.15) is 0 Å². The molecule has 0 spiro atoms. The fourth-order valence-corrected chi connectivity index (χ4v) is 2.90. The normalized spacial score (nSPS) is 15.8. The van der Waals surface area contributed by atoms with Gasteiger partial charge in [0, 0.05) is 11.5 Å². The molecule has 3 rings (SSSR count). The van der Waals surface area contributed by atoms with Crippen LogP contribution in [0.3, 0.4) is 0 Å². The molecule has 1 aromatic carbocycles. The average Bonchev–Trinajstić information content (AvgIpc) is 2.46. The van der Waals surface area contributed by atoms with Crippen LogP contribution in [-0.2, 0) is 6.54 Å². The Kier molecular flexibility index (Phi) is 4.75.